The molecule has 0 bridgehead atoms. The predicted octanol–water partition coefficient (Wildman–Crippen LogP) is 3.97. The van der Waals surface area contributed by atoms with Gasteiger partial charge in [0, 0.05) is 14.7 Å². The fraction of sp³-hybridized carbons (Fsp3) is 0.364. The second-order valence-electron chi connectivity index (χ2n) is 3.41. The summed E-state index contributed by atoms with van der Waals surface area (Å²) in [5.41, 5.74) is 1.12. The first-order chi connectivity index (χ1) is 7.72. The molecule has 1 atom stereocenters. The molecular formula is C11H13BrN2S2. The van der Waals surface area contributed by atoms with Crippen molar-refractivity contribution in [1.29, 1.82) is 0 Å². The highest BCUT2D eigenvalue weighted by molar-refractivity contribution is 9.10. The molecule has 0 fully saturated rings. The number of thiophene rings is 1. The Kier molecular flexibility index (Phi) is 4.13. The average Bonchev–Trinajstić information content (AvgIpc) is 2.84. The number of aromatic nitrogens is 1. The van der Waals surface area contributed by atoms with Gasteiger partial charge in [0.15, 0.2) is 0 Å². The van der Waals surface area contributed by atoms with Crippen molar-refractivity contribution in [3.63, 3.8) is 0 Å². The number of hydrogen-bond donors (Lipinski definition) is 1. The molecule has 0 aliphatic carbocycles. The van der Waals surface area contributed by atoms with E-state index < -0.39 is 0 Å². The molecule has 0 aliphatic heterocycles. The van der Waals surface area contributed by atoms with Crippen molar-refractivity contribution in [2.45, 2.75) is 19.9 Å². The minimum absolute atomic E-state index is 0.212. The van der Waals surface area contributed by atoms with Gasteiger partial charge < -0.3 is 5.32 Å². The van der Waals surface area contributed by atoms with Gasteiger partial charge in [0.2, 0.25) is 0 Å². The Hall–Kier alpha value is -0.230. The molecule has 2 rings (SSSR count). The summed E-state index contributed by atoms with van der Waals surface area (Å²) in [6, 6.07) is 2.30. The number of aryl methyl sites for hydroxylation is 1. The zero-order valence-corrected chi connectivity index (χ0v) is 12.4. The van der Waals surface area contributed by atoms with Crippen molar-refractivity contribution in [2.75, 3.05) is 6.54 Å². The highest BCUT2D eigenvalue weighted by Crippen LogP contribution is 2.33. The lowest BCUT2D eigenvalue weighted by Gasteiger charge is -2.14. The topological polar surface area (TPSA) is 24.9 Å². The van der Waals surface area contributed by atoms with Crippen molar-refractivity contribution < 1.29 is 0 Å². The van der Waals surface area contributed by atoms with Crippen LogP contribution in [-0.2, 0) is 0 Å². The number of hydrogen-bond acceptors (Lipinski definition) is 4. The molecule has 0 aliphatic rings. The third kappa shape index (κ3) is 2.53. The normalized spacial score (nSPS) is 12.9. The summed E-state index contributed by atoms with van der Waals surface area (Å²) in [7, 11) is 0. The Balaban J connectivity index is 2.34. The number of halogens is 1. The van der Waals surface area contributed by atoms with Gasteiger partial charge in [-0.2, -0.15) is 0 Å². The van der Waals surface area contributed by atoms with E-state index in [2.05, 4.69) is 50.0 Å². The van der Waals surface area contributed by atoms with Crippen LogP contribution in [-0.4, -0.2) is 11.5 Å². The minimum Gasteiger partial charge on any atom is -0.305 e. The van der Waals surface area contributed by atoms with E-state index in [4.69, 9.17) is 0 Å². The molecule has 0 aromatic carbocycles. The molecular weight excluding hydrogens is 304 g/mol. The molecule has 2 heterocycles. The first-order valence-electron chi connectivity index (χ1n) is 5.10. The van der Waals surface area contributed by atoms with Crippen molar-refractivity contribution in [3.05, 3.63) is 36.9 Å². The van der Waals surface area contributed by atoms with Crippen LogP contribution in [0.25, 0.3) is 0 Å². The Morgan fingerprint density at radius 1 is 1.50 bits per heavy atom. The molecule has 0 saturated carbocycles. The molecule has 0 radical (unpaired) electrons. The minimum atomic E-state index is 0.212. The van der Waals surface area contributed by atoms with Crippen LogP contribution in [0.15, 0.2) is 21.3 Å². The molecule has 1 unspecified atom stereocenters. The van der Waals surface area contributed by atoms with Crippen LogP contribution < -0.4 is 5.32 Å². The molecule has 2 aromatic heterocycles. The molecule has 1 N–H and O–H groups in total. The maximum Gasteiger partial charge on any atom is 0.0898 e. The smallest absolute Gasteiger partial charge is 0.0898 e. The van der Waals surface area contributed by atoms with E-state index in [1.807, 2.05) is 6.92 Å². The Morgan fingerprint density at radius 2 is 2.31 bits per heavy atom. The van der Waals surface area contributed by atoms with Gasteiger partial charge in [-0.25, -0.2) is 4.98 Å². The van der Waals surface area contributed by atoms with Crippen LogP contribution in [0.1, 0.15) is 28.5 Å². The second-order valence-corrected chi connectivity index (χ2v) is 6.28. The highest BCUT2D eigenvalue weighted by atomic mass is 79.9. The Bertz CT molecular complexity index is 464. The van der Waals surface area contributed by atoms with Gasteiger partial charge >= 0.3 is 0 Å². The molecule has 2 aromatic rings. The van der Waals surface area contributed by atoms with Crippen LogP contribution in [0.3, 0.4) is 0 Å². The van der Waals surface area contributed by atoms with Gasteiger partial charge in [0.1, 0.15) is 0 Å². The van der Waals surface area contributed by atoms with Gasteiger partial charge in [-0.15, -0.1) is 22.7 Å². The lowest BCUT2D eigenvalue weighted by atomic mass is 10.2. The maximum atomic E-state index is 4.57. The van der Waals surface area contributed by atoms with Gasteiger partial charge in [0.05, 0.1) is 16.7 Å². The van der Waals surface area contributed by atoms with Crippen LogP contribution >= 0.6 is 38.6 Å². The monoisotopic (exact) mass is 316 g/mol. The molecule has 0 saturated heterocycles. The average molecular weight is 317 g/mol. The third-order valence-electron chi connectivity index (χ3n) is 2.25. The van der Waals surface area contributed by atoms with Crippen molar-refractivity contribution in [1.82, 2.24) is 10.3 Å². The van der Waals surface area contributed by atoms with E-state index in [0.717, 1.165) is 21.7 Å². The highest BCUT2D eigenvalue weighted by Gasteiger charge is 2.19. The van der Waals surface area contributed by atoms with Crippen LogP contribution in [0.4, 0.5) is 0 Å². The van der Waals surface area contributed by atoms with Crippen molar-refractivity contribution >= 4 is 38.6 Å². The molecule has 16 heavy (non-hydrogen) atoms. The zero-order chi connectivity index (χ0) is 11.5. The zero-order valence-electron chi connectivity index (χ0n) is 9.16. The molecule has 2 nitrogen and oxygen atoms in total. The van der Waals surface area contributed by atoms with Gasteiger partial charge in [-0.05, 0) is 40.8 Å². The van der Waals surface area contributed by atoms with E-state index in [-0.39, 0.29) is 6.04 Å². The number of nitrogens with zero attached hydrogens (tertiary/aromatic N) is 1. The van der Waals surface area contributed by atoms with E-state index in [1.165, 1.54) is 4.88 Å². The first-order valence-corrected chi connectivity index (χ1v) is 7.66. The Labute approximate surface area is 112 Å². The van der Waals surface area contributed by atoms with Crippen LogP contribution in [0.2, 0.25) is 0 Å². The summed E-state index contributed by atoms with van der Waals surface area (Å²) in [4.78, 5) is 5.87. The summed E-state index contributed by atoms with van der Waals surface area (Å²) in [6.07, 6.45) is 0. The predicted molar refractivity (Wildman–Crippen MR) is 74.4 cm³/mol. The fourth-order valence-corrected chi connectivity index (χ4v) is 3.89. The SMILES string of the molecule is CCNC(c1csc(C)n1)c1sccc1Br. The lowest BCUT2D eigenvalue weighted by Crippen LogP contribution is -2.21. The lowest BCUT2D eigenvalue weighted by molar-refractivity contribution is 0.625. The van der Waals surface area contributed by atoms with Gasteiger partial charge in [-0.3, -0.25) is 0 Å². The van der Waals surface area contributed by atoms with Crippen LogP contribution in [0, 0.1) is 6.92 Å². The van der Waals surface area contributed by atoms with Crippen molar-refractivity contribution in [2.24, 2.45) is 0 Å². The molecule has 5 heteroatoms. The quantitative estimate of drug-likeness (QED) is 0.923. The van der Waals surface area contributed by atoms with E-state index in [9.17, 15) is 0 Å². The largest absolute Gasteiger partial charge is 0.305 e. The summed E-state index contributed by atoms with van der Waals surface area (Å²) < 4.78 is 1.16. The summed E-state index contributed by atoms with van der Waals surface area (Å²) >= 11 is 7.04. The fourth-order valence-electron chi connectivity index (χ4n) is 1.56. The third-order valence-corrected chi connectivity index (χ3v) is 4.98. The Morgan fingerprint density at radius 3 is 2.81 bits per heavy atom. The molecule has 86 valence electrons. The number of thiazole rings is 1. The van der Waals surface area contributed by atoms with Gasteiger partial charge in [0.25, 0.3) is 0 Å². The van der Waals surface area contributed by atoms with E-state index >= 15 is 0 Å². The van der Waals surface area contributed by atoms with E-state index in [0.29, 0.717) is 0 Å². The van der Waals surface area contributed by atoms with Crippen LogP contribution in [0.5, 0.6) is 0 Å². The van der Waals surface area contributed by atoms with Crippen molar-refractivity contribution in [3.8, 4) is 0 Å². The standard InChI is InChI=1S/C11H13BrN2S2/c1-3-13-10(9-6-16-7(2)14-9)11-8(12)4-5-15-11/h4-6,10,13H,3H2,1-2H3. The molecule has 0 spiro atoms. The summed E-state index contributed by atoms with van der Waals surface area (Å²) in [5.74, 6) is 0. The maximum absolute atomic E-state index is 4.57. The van der Waals surface area contributed by atoms with Gasteiger partial charge in [-0.1, -0.05) is 6.92 Å². The first kappa shape index (κ1) is 12.2. The van der Waals surface area contributed by atoms with E-state index in [1.54, 1.807) is 22.7 Å². The summed E-state index contributed by atoms with van der Waals surface area (Å²) in [6.45, 7) is 5.10. The molecule has 0 amide bonds. The summed E-state index contributed by atoms with van der Waals surface area (Å²) in [5, 5.41) is 8.83. The number of nitrogens with one attached hydrogen (secondary N) is 1. The second kappa shape index (κ2) is 5.40. The number of rotatable bonds is 4.